The van der Waals surface area contributed by atoms with E-state index < -0.39 is 0 Å². The second-order valence-corrected chi connectivity index (χ2v) is 5.08. The predicted molar refractivity (Wildman–Crippen MR) is 84.6 cm³/mol. The third kappa shape index (κ3) is 1.96. The smallest absolute Gasteiger partial charge is 0.231 e. The minimum Gasteiger partial charge on any atom is -0.454 e. The van der Waals surface area contributed by atoms with Crippen molar-refractivity contribution in [2.75, 3.05) is 6.79 Å². The molecule has 0 saturated carbocycles. The summed E-state index contributed by atoms with van der Waals surface area (Å²) in [7, 11) is 0. The highest BCUT2D eigenvalue weighted by atomic mass is 16.7. The molecule has 1 aliphatic rings. The standard InChI is InChI=1S/C19H14O2/c1-13(14-6-3-2-4-7-14)16-9-5-8-15-10-18-19(11-17(15)16)21-12-20-18/h2-11H,1,12H2. The summed E-state index contributed by atoms with van der Waals surface area (Å²) in [4.78, 5) is 0. The molecule has 102 valence electrons. The molecule has 0 fully saturated rings. The van der Waals surface area contributed by atoms with Gasteiger partial charge in [-0.05, 0) is 39.6 Å². The molecule has 3 aromatic carbocycles. The van der Waals surface area contributed by atoms with E-state index in [9.17, 15) is 0 Å². The molecule has 0 atom stereocenters. The van der Waals surface area contributed by atoms with Crippen molar-refractivity contribution in [3.05, 3.63) is 78.4 Å². The third-order valence-corrected chi connectivity index (χ3v) is 3.82. The summed E-state index contributed by atoms with van der Waals surface area (Å²) in [6.07, 6.45) is 0. The van der Waals surface area contributed by atoms with Crippen molar-refractivity contribution < 1.29 is 9.47 Å². The largest absolute Gasteiger partial charge is 0.454 e. The Balaban J connectivity index is 1.91. The molecule has 0 radical (unpaired) electrons. The van der Waals surface area contributed by atoms with E-state index in [-0.39, 0.29) is 0 Å². The van der Waals surface area contributed by atoms with E-state index in [2.05, 4.69) is 30.8 Å². The molecule has 2 nitrogen and oxygen atoms in total. The van der Waals surface area contributed by atoms with Gasteiger partial charge in [-0.3, -0.25) is 0 Å². The topological polar surface area (TPSA) is 18.5 Å². The second kappa shape index (κ2) is 4.67. The molecule has 0 spiro atoms. The first-order valence-electron chi connectivity index (χ1n) is 6.90. The summed E-state index contributed by atoms with van der Waals surface area (Å²) in [5.74, 6) is 1.61. The fourth-order valence-electron chi connectivity index (χ4n) is 2.72. The second-order valence-electron chi connectivity index (χ2n) is 5.08. The van der Waals surface area contributed by atoms with Crippen LogP contribution in [0.3, 0.4) is 0 Å². The number of fused-ring (bicyclic) bond motifs is 2. The molecular formula is C19H14O2. The van der Waals surface area contributed by atoms with Crippen molar-refractivity contribution >= 4 is 16.3 Å². The zero-order chi connectivity index (χ0) is 14.2. The average molecular weight is 274 g/mol. The van der Waals surface area contributed by atoms with Gasteiger partial charge in [-0.25, -0.2) is 0 Å². The van der Waals surface area contributed by atoms with Crippen LogP contribution in [0.4, 0.5) is 0 Å². The lowest BCUT2D eigenvalue weighted by atomic mass is 9.94. The molecule has 4 rings (SSSR count). The van der Waals surface area contributed by atoms with Gasteiger partial charge in [-0.1, -0.05) is 55.1 Å². The van der Waals surface area contributed by atoms with Gasteiger partial charge in [0.1, 0.15) is 0 Å². The van der Waals surface area contributed by atoms with Crippen LogP contribution in [0.1, 0.15) is 11.1 Å². The number of hydrogen-bond acceptors (Lipinski definition) is 2. The van der Waals surface area contributed by atoms with Crippen molar-refractivity contribution in [3.8, 4) is 11.5 Å². The Morgan fingerprint density at radius 2 is 1.62 bits per heavy atom. The van der Waals surface area contributed by atoms with E-state index >= 15 is 0 Å². The molecule has 0 aliphatic carbocycles. The third-order valence-electron chi connectivity index (χ3n) is 3.82. The van der Waals surface area contributed by atoms with Crippen LogP contribution in [-0.2, 0) is 0 Å². The molecule has 0 saturated heterocycles. The van der Waals surface area contributed by atoms with Crippen LogP contribution in [0.15, 0.2) is 67.2 Å². The van der Waals surface area contributed by atoms with Gasteiger partial charge in [0.15, 0.2) is 11.5 Å². The SMILES string of the molecule is C=C(c1ccccc1)c1cccc2cc3c(cc12)OCO3. The quantitative estimate of drug-likeness (QED) is 0.678. The Kier molecular flexibility index (Phi) is 2.68. The minimum atomic E-state index is 0.292. The Morgan fingerprint density at radius 3 is 2.43 bits per heavy atom. The van der Waals surface area contributed by atoms with Crippen LogP contribution in [0.2, 0.25) is 0 Å². The Hall–Kier alpha value is -2.74. The summed E-state index contributed by atoms with van der Waals surface area (Å²) in [5, 5.41) is 2.27. The van der Waals surface area contributed by atoms with Gasteiger partial charge in [0.25, 0.3) is 0 Å². The highest BCUT2D eigenvalue weighted by Crippen LogP contribution is 2.39. The lowest BCUT2D eigenvalue weighted by molar-refractivity contribution is 0.174. The molecule has 0 unspecified atom stereocenters. The fourth-order valence-corrected chi connectivity index (χ4v) is 2.72. The zero-order valence-electron chi connectivity index (χ0n) is 11.5. The molecule has 21 heavy (non-hydrogen) atoms. The summed E-state index contributed by atoms with van der Waals surface area (Å²) < 4.78 is 10.9. The lowest BCUT2D eigenvalue weighted by Crippen LogP contribution is -1.92. The van der Waals surface area contributed by atoms with Gasteiger partial charge in [-0.2, -0.15) is 0 Å². The Bertz CT molecular complexity index is 835. The zero-order valence-corrected chi connectivity index (χ0v) is 11.5. The van der Waals surface area contributed by atoms with Crippen LogP contribution >= 0.6 is 0 Å². The molecule has 1 heterocycles. The van der Waals surface area contributed by atoms with Gasteiger partial charge < -0.3 is 9.47 Å². The van der Waals surface area contributed by atoms with E-state index in [0.717, 1.165) is 39.0 Å². The summed E-state index contributed by atoms with van der Waals surface area (Å²) in [6, 6.07) is 20.5. The van der Waals surface area contributed by atoms with Gasteiger partial charge >= 0.3 is 0 Å². The van der Waals surface area contributed by atoms with Crippen molar-refractivity contribution in [3.63, 3.8) is 0 Å². The van der Waals surface area contributed by atoms with E-state index in [1.165, 1.54) is 0 Å². The van der Waals surface area contributed by atoms with Crippen molar-refractivity contribution in [1.82, 2.24) is 0 Å². The molecule has 3 aromatic rings. The average Bonchev–Trinajstić information content (AvgIpc) is 2.99. The highest BCUT2D eigenvalue weighted by molar-refractivity contribution is 5.98. The molecule has 2 heteroatoms. The lowest BCUT2D eigenvalue weighted by Gasteiger charge is -2.11. The highest BCUT2D eigenvalue weighted by Gasteiger charge is 2.16. The summed E-state index contributed by atoms with van der Waals surface area (Å²) in [6.45, 7) is 4.56. The van der Waals surface area contributed by atoms with E-state index in [1.54, 1.807) is 0 Å². The van der Waals surface area contributed by atoms with Crippen LogP contribution < -0.4 is 9.47 Å². The molecule has 1 aliphatic heterocycles. The van der Waals surface area contributed by atoms with Crippen molar-refractivity contribution in [1.29, 1.82) is 0 Å². The van der Waals surface area contributed by atoms with Crippen LogP contribution in [0.5, 0.6) is 11.5 Å². The van der Waals surface area contributed by atoms with Gasteiger partial charge in [0.2, 0.25) is 6.79 Å². The molecule has 0 aromatic heterocycles. The number of hydrogen-bond donors (Lipinski definition) is 0. The maximum Gasteiger partial charge on any atom is 0.231 e. The molecule has 0 N–H and O–H groups in total. The Labute approximate surface area is 123 Å². The van der Waals surface area contributed by atoms with Crippen LogP contribution in [0.25, 0.3) is 16.3 Å². The van der Waals surface area contributed by atoms with Crippen molar-refractivity contribution in [2.45, 2.75) is 0 Å². The van der Waals surface area contributed by atoms with E-state index in [1.807, 2.05) is 36.4 Å². The first-order chi connectivity index (χ1) is 10.3. The van der Waals surface area contributed by atoms with Gasteiger partial charge in [-0.15, -0.1) is 0 Å². The summed E-state index contributed by atoms with van der Waals surface area (Å²) in [5.41, 5.74) is 3.26. The van der Waals surface area contributed by atoms with Crippen LogP contribution in [0, 0.1) is 0 Å². The number of ether oxygens (including phenoxy) is 2. The normalized spacial score (nSPS) is 12.6. The maximum absolute atomic E-state index is 5.50. The first kappa shape index (κ1) is 12.0. The van der Waals surface area contributed by atoms with Crippen LogP contribution in [-0.4, -0.2) is 6.79 Å². The number of benzene rings is 3. The molecule has 0 amide bonds. The van der Waals surface area contributed by atoms with E-state index in [4.69, 9.17) is 9.47 Å². The fraction of sp³-hybridized carbons (Fsp3) is 0.0526. The number of rotatable bonds is 2. The van der Waals surface area contributed by atoms with Crippen molar-refractivity contribution in [2.24, 2.45) is 0 Å². The summed E-state index contributed by atoms with van der Waals surface area (Å²) >= 11 is 0. The predicted octanol–water partition coefficient (Wildman–Crippen LogP) is 4.63. The Morgan fingerprint density at radius 1 is 0.857 bits per heavy atom. The molecule has 0 bridgehead atoms. The minimum absolute atomic E-state index is 0.292. The monoisotopic (exact) mass is 274 g/mol. The van der Waals surface area contributed by atoms with Gasteiger partial charge in [0.05, 0.1) is 0 Å². The first-order valence-corrected chi connectivity index (χ1v) is 6.90. The van der Waals surface area contributed by atoms with Gasteiger partial charge in [0, 0.05) is 0 Å². The van der Waals surface area contributed by atoms with E-state index in [0.29, 0.717) is 6.79 Å². The molecular weight excluding hydrogens is 260 g/mol. The maximum atomic E-state index is 5.50.